The normalized spacial score (nSPS) is 15.1. The minimum atomic E-state index is -0.00881. The maximum Gasteiger partial charge on any atom is 0.270 e. The number of anilines is 1. The SMILES string of the molecule is Cc1c(Cl)ccc2sc(N(CCCN3CCOCC3)C(=O)c3ccc(Br)s3)nc12. The highest BCUT2D eigenvalue weighted by Crippen LogP contribution is 2.35. The van der Waals surface area contributed by atoms with Gasteiger partial charge in [0.05, 0.1) is 32.1 Å². The predicted molar refractivity (Wildman–Crippen MR) is 125 cm³/mol. The Hall–Kier alpha value is -1.03. The molecule has 0 aliphatic carbocycles. The van der Waals surface area contributed by atoms with Gasteiger partial charge in [-0.2, -0.15) is 0 Å². The van der Waals surface area contributed by atoms with Crippen LogP contribution in [0.4, 0.5) is 5.13 Å². The van der Waals surface area contributed by atoms with Gasteiger partial charge in [-0.15, -0.1) is 11.3 Å². The molecule has 0 saturated carbocycles. The summed E-state index contributed by atoms with van der Waals surface area (Å²) in [4.78, 5) is 23.0. The molecule has 3 heterocycles. The summed E-state index contributed by atoms with van der Waals surface area (Å²) in [5.41, 5.74) is 1.82. The number of hydrogen-bond donors (Lipinski definition) is 0. The van der Waals surface area contributed by atoms with Crippen molar-refractivity contribution < 1.29 is 9.53 Å². The number of rotatable bonds is 6. The summed E-state index contributed by atoms with van der Waals surface area (Å²) >= 11 is 12.7. The van der Waals surface area contributed by atoms with Gasteiger partial charge < -0.3 is 4.74 Å². The molecule has 0 N–H and O–H groups in total. The standard InChI is InChI=1S/C20H21BrClN3O2S2/c1-13-14(22)3-4-15-18(13)23-20(29-15)25(19(26)16-5-6-17(21)28-16)8-2-7-24-9-11-27-12-10-24/h3-6H,2,7-12H2,1H3. The van der Waals surface area contributed by atoms with Crippen molar-refractivity contribution in [2.45, 2.75) is 13.3 Å². The van der Waals surface area contributed by atoms with Crippen LogP contribution in [0.25, 0.3) is 10.2 Å². The minimum absolute atomic E-state index is 0.00881. The molecule has 4 rings (SSSR count). The molecule has 0 unspecified atom stereocenters. The number of aromatic nitrogens is 1. The van der Waals surface area contributed by atoms with Gasteiger partial charge >= 0.3 is 0 Å². The monoisotopic (exact) mass is 513 g/mol. The van der Waals surface area contributed by atoms with Crippen LogP contribution in [0.5, 0.6) is 0 Å². The Kier molecular flexibility index (Phi) is 6.88. The van der Waals surface area contributed by atoms with E-state index in [1.165, 1.54) is 22.7 Å². The zero-order chi connectivity index (χ0) is 20.4. The summed E-state index contributed by atoms with van der Waals surface area (Å²) in [6.45, 7) is 6.99. The zero-order valence-corrected chi connectivity index (χ0v) is 20.0. The number of carbonyl (C=O) groups excluding carboxylic acids is 1. The topological polar surface area (TPSA) is 45.7 Å². The summed E-state index contributed by atoms with van der Waals surface area (Å²) in [6.07, 6.45) is 0.883. The Balaban J connectivity index is 1.58. The second kappa shape index (κ2) is 9.41. The predicted octanol–water partition coefficient (Wildman–Crippen LogP) is 5.45. The van der Waals surface area contributed by atoms with Gasteiger partial charge in [-0.1, -0.05) is 22.9 Å². The molecule has 1 fully saturated rings. The molecule has 9 heteroatoms. The molecule has 5 nitrogen and oxygen atoms in total. The Bertz CT molecular complexity index is 1020. The lowest BCUT2D eigenvalue weighted by atomic mass is 10.2. The Morgan fingerprint density at radius 1 is 1.28 bits per heavy atom. The van der Waals surface area contributed by atoms with Gasteiger partial charge in [-0.25, -0.2) is 4.98 Å². The molecule has 1 saturated heterocycles. The van der Waals surface area contributed by atoms with Crippen LogP contribution in [0.2, 0.25) is 5.02 Å². The van der Waals surface area contributed by atoms with Gasteiger partial charge in [-0.05, 0) is 59.1 Å². The van der Waals surface area contributed by atoms with Crippen molar-refractivity contribution in [3.63, 3.8) is 0 Å². The summed E-state index contributed by atoms with van der Waals surface area (Å²) < 4.78 is 7.41. The van der Waals surface area contributed by atoms with Crippen LogP contribution in [0.15, 0.2) is 28.1 Å². The maximum atomic E-state index is 13.3. The summed E-state index contributed by atoms with van der Waals surface area (Å²) in [6, 6.07) is 7.64. The smallest absolute Gasteiger partial charge is 0.270 e. The molecule has 0 radical (unpaired) electrons. The van der Waals surface area contributed by atoms with Crippen molar-refractivity contribution in [1.29, 1.82) is 0 Å². The van der Waals surface area contributed by atoms with Gasteiger partial charge in [0.25, 0.3) is 5.91 Å². The van der Waals surface area contributed by atoms with E-state index in [0.29, 0.717) is 16.4 Å². The second-order valence-electron chi connectivity index (χ2n) is 6.88. The van der Waals surface area contributed by atoms with Gasteiger partial charge in [0.1, 0.15) is 0 Å². The first kappa shape index (κ1) is 21.2. The van der Waals surface area contributed by atoms with Gasteiger partial charge in [0.2, 0.25) is 0 Å². The molecule has 2 aromatic heterocycles. The molecule has 1 aliphatic heterocycles. The fourth-order valence-electron chi connectivity index (χ4n) is 3.33. The summed E-state index contributed by atoms with van der Waals surface area (Å²) in [5.74, 6) is -0.00881. The molecule has 0 spiro atoms. The van der Waals surface area contributed by atoms with E-state index in [4.69, 9.17) is 21.3 Å². The lowest BCUT2D eigenvalue weighted by Gasteiger charge is -2.27. The number of carbonyl (C=O) groups is 1. The van der Waals surface area contributed by atoms with Crippen molar-refractivity contribution in [3.05, 3.63) is 43.5 Å². The molecule has 1 aromatic carbocycles. The Labute approximate surface area is 191 Å². The third kappa shape index (κ3) is 4.84. The first-order valence-electron chi connectivity index (χ1n) is 9.46. The minimum Gasteiger partial charge on any atom is -0.379 e. The fraction of sp³-hybridized carbons (Fsp3) is 0.400. The fourth-order valence-corrected chi connectivity index (χ4v) is 5.86. The number of amides is 1. The summed E-state index contributed by atoms with van der Waals surface area (Å²) in [7, 11) is 0. The van der Waals surface area contributed by atoms with Crippen molar-refractivity contribution in [2.75, 3.05) is 44.3 Å². The van der Waals surface area contributed by atoms with Gasteiger partial charge in [0.15, 0.2) is 5.13 Å². The van der Waals surface area contributed by atoms with E-state index in [1.807, 2.05) is 36.1 Å². The number of thiophene rings is 1. The second-order valence-corrected chi connectivity index (χ2v) is 10.8. The molecule has 0 bridgehead atoms. The molecule has 1 amide bonds. The van der Waals surface area contributed by atoms with Crippen LogP contribution in [-0.4, -0.2) is 55.2 Å². The molecule has 0 atom stereocenters. The third-order valence-electron chi connectivity index (χ3n) is 4.96. The number of nitrogens with zero attached hydrogens (tertiary/aromatic N) is 3. The molecular weight excluding hydrogens is 494 g/mol. The van der Waals surface area contributed by atoms with Crippen molar-refractivity contribution >= 4 is 71.5 Å². The van der Waals surface area contributed by atoms with Crippen LogP contribution in [0.1, 0.15) is 21.7 Å². The van der Waals surface area contributed by atoms with E-state index in [9.17, 15) is 4.79 Å². The molecule has 3 aromatic rings. The van der Waals surface area contributed by atoms with E-state index >= 15 is 0 Å². The summed E-state index contributed by atoms with van der Waals surface area (Å²) in [5, 5.41) is 1.42. The third-order valence-corrected chi connectivity index (χ3v) is 8.02. The van der Waals surface area contributed by atoms with Crippen LogP contribution in [0.3, 0.4) is 0 Å². The first-order valence-corrected chi connectivity index (χ1v) is 12.3. The zero-order valence-electron chi connectivity index (χ0n) is 16.0. The van der Waals surface area contributed by atoms with E-state index in [2.05, 4.69) is 20.8 Å². The van der Waals surface area contributed by atoms with Crippen molar-refractivity contribution in [1.82, 2.24) is 9.88 Å². The number of halogens is 2. The van der Waals surface area contributed by atoms with E-state index in [1.54, 1.807) is 0 Å². The number of hydrogen-bond acceptors (Lipinski definition) is 6. The Morgan fingerprint density at radius 2 is 2.07 bits per heavy atom. The largest absolute Gasteiger partial charge is 0.379 e. The highest BCUT2D eigenvalue weighted by Gasteiger charge is 2.23. The lowest BCUT2D eigenvalue weighted by molar-refractivity contribution is 0.0376. The van der Waals surface area contributed by atoms with Crippen molar-refractivity contribution in [3.8, 4) is 0 Å². The quantitative estimate of drug-likeness (QED) is 0.439. The Morgan fingerprint density at radius 3 is 2.79 bits per heavy atom. The molecule has 1 aliphatic rings. The number of fused-ring (bicyclic) bond motifs is 1. The van der Waals surface area contributed by atoms with Crippen LogP contribution < -0.4 is 4.90 Å². The van der Waals surface area contributed by atoms with Crippen LogP contribution in [0, 0.1) is 6.92 Å². The average Bonchev–Trinajstić information content (AvgIpc) is 3.35. The molecular formula is C20H21BrClN3O2S2. The number of morpholine rings is 1. The molecule has 154 valence electrons. The van der Waals surface area contributed by atoms with Crippen molar-refractivity contribution in [2.24, 2.45) is 0 Å². The maximum absolute atomic E-state index is 13.3. The average molecular weight is 515 g/mol. The number of thiazole rings is 1. The highest BCUT2D eigenvalue weighted by molar-refractivity contribution is 9.11. The first-order chi connectivity index (χ1) is 14.0. The van der Waals surface area contributed by atoms with Gasteiger partial charge in [-0.3, -0.25) is 14.6 Å². The van der Waals surface area contributed by atoms with Crippen LogP contribution >= 0.6 is 50.2 Å². The molecule has 29 heavy (non-hydrogen) atoms. The number of aryl methyl sites for hydroxylation is 1. The van der Waals surface area contributed by atoms with E-state index in [-0.39, 0.29) is 5.91 Å². The number of ether oxygens (including phenoxy) is 1. The number of benzene rings is 1. The van der Waals surface area contributed by atoms with Gasteiger partial charge in [0, 0.05) is 31.2 Å². The van der Waals surface area contributed by atoms with E-state index in [0.717, 1.165) is 64.0 Å². The van der Waals surface area contributed by atoms with E-state index < -0.39 is 0 Å². The lowest BCUT2D eigenvalue weighted by Crippen LogP contribution is -2.39. The highest BCUT2D eigenvalue weighted by atomic mass is 79.9. The van der Waals surface area contributed by atoms with Crippen LogP contribution in [-0.2, 0) is 4.74 Å².